The maximum Gasteiger partial charge on any atom is 0.255 e. The Morgan fingerprint density at radius 3 is 2.73 bits per heavy atom. The first-order valence-electron chi connectivity index (χ1n) is 4.47. The Morgan fingerprint density at radius 2 is 2.07 bits per heavy atom. The number of fused-ring (bicyclic) bond motifs is 1. The number of pyridine rings is 1. The summed E-state index contributed by atoms with van der Waals surface area (Å²) in [5.41, 5.74) is 0.424. The second-order valence-electron chi connectivity index (χ2n) is 3.44. The maximum absolute atomic E-state index is 13.5. The molecule has 0 bridgehead atoms. The SMILES string of the molecule is Cc1c(Cl)c2cccc(F)c2n(C)c1=O. The molecule has 0 atom stereocenters. The molecule has 2 rings (SSSR count). The van der Waals surface area contributed by atoms with E-state index in [0.29, 0.717) is 16.0 Å². The zero-order valence-corrected chi connectivity index (χ0v) is 9.10. The first-order chi connectivity index (χ1) is 7.04. The molecule has 0 N–H and O–H groups in total. The van der Waals surface area contributed by atoms with Crippen molar-refractivity contribution in [1.82, 2.24) is 4.57 Å². The molecule has 0 aliphatic carbocycles. The van der Waals surface area contributed by atoms with Crippen LogP contribution in [-0.4, -0.2) is 4.57 Å². The Morgan fingerprint density at radius 1 is 1.40 bits per heavy atom. The minimum atomic E-state index is -0.436. The molecular weight excluding hydrogens is 217 g/mol. The molecule has 1 aromatic carbocycles. The predicted octanol–water partition coefficient (Wildman–Crippen LogP) is 2.64. The predicted molar refractivity (Wildman–Crippen MR) is 58.9 cm³/mol. The third-order valence-corrected chi connectivity index (χ3v) is 3.00. The van der Waals surface area contributed by atoms with E-state index in [9.17, 15) is 9.18 Å². The Hall–Kier alpha value is -1.35. The summed E-state index contributed by atoms with van der Waals surface area (Å²) in [6, 6.07) is 4.59. The highest BCUT2D eigenvalue weighted by molar-refractivity contribution is 6.36. The van der Waals surface area contributed by atoms with E-state index in [1.807, 2.05) is 0 Å². The molecule has 0 unspecified atom stereocenters. The lowest BCUT2D eigenvalue weighted by molar-refractivity contribution is 0.629. The van der Waals surface area contributed by atoms with Gasteiger partial charge >= 0.3 is 0 Å². The first-order valence-corrected chi connectivity index (χ1v) is 4.85. The average Bonchev–Trinajstić information content (AvgIpc) is 2.23. The van der Waals surface area contributed by atoms with Gasteiger partial charge in [-0.05, 0) is 13.0 Å². The van der Waals surface area contributed by atoms with E-state index >= 15 is 0 Å². The van der Waals surface area contributed by atoms with E-state index in [2.05, 4.69) is 0 Å². The van der Waals surface area contributed by atoms with Crippen LogP contribution in [0.3, 0.4) is 0 Å². The number of para-hydroxylation sites is 1. The van der Waals surface area contributed by atoms with E-state index in [1.165, 1.54) is 17.7 Å². The van der Waals surface area contributed by atoms with Crippen molar-refractivity contribution in [2.45, 2.75) is 6.92 Å². The molecule has 78 valence electrons. The molecule has 0 saturated carbocycles. The van der Waals surface area contributed by atoms with E-state index in [-0.39, 0.29) is 11.1 Å². The molecular formula is C11H9ClFNO. The van der Waals surface area contributed by atoms with Gasteiger partial charge in [0.25, 0.3) is 5.56 Å². The summed E-state index contributed by atoms with van der Waals surface area (Å²) < 4.78 is 14.8. The number of aromatic nitrogens is 1. The molecule has 1 aromatic heterocycles. The molecule has 4 heteroatoms. The molecule has 15 heavy (non-hydrogen) atoms. The highest BCUT2D eigenvalue weighted by Gasteiger charge is 2.12. The van der Waals surface area contributed by atoms with Gasteiger partial charge in [0, 0.05) is 18.0 Å². The smallest absolute Gasteiger partial charge is 0.255 e. The molecule has 2 nitrogen and oxygen atoms in total. The van der Waals surface area contributed by atoms with Crippen LogP contribution in [0, 0.1) is 12.7 Å². The lowest BCUT2D eigenvalue weighted by atomic mass is 10.1. The van der Waals surface area contributed by atoms with Crippen molar-refractivity contribution in [3.8, 4) is 0 Å². The van der Waals surface area contributed by atoms with E-state index in [0.717, 1.165) is 0 Å². The van der Waals surface area contributed by atoms with Crippen LogP contribution in [0.1, 0.15) is 5.56 Å². The number of halogens is 2. The van der Waals surface area contributed by atoms with Gasteiger partial charge in [-0.15, -0.1) is 0 Å². The van der Waals surface area contributed by atoms with Gasteiger partial charge in [-0.25, -0.2) is 4.39 Å². The van der Waals surface area contributed by atoms with Crippen molar-refractivity contribution in [2.75, 3.05) is 0 Å². The molecule has 0 fully saturated rings. The minimum absolute atomic E-state index is 0.248. The molecule has 0 spiro atoms. The van der Waals surface area contributed by atoms with Crippen molar-refractivity contribution in [3.05, 3.63) is 45.0 Å². The van der Waals surface area contributed by atoms with Crippen molar-refractivity contribution >= 4 is 22.5 Å². The van der Waals surface area contributed by atoms with Gasteiger partial charge in [0.15, 0.2) is 0 Å². The topological polar surface area (TPSA) is 22.0 Å². The van der Waals surface area contributed by atoms with Crippen LogP contribution in [0.25, 0.3) is 10.9 Å². The van der Waals surface area contributed by atoms with Crippen molar-refractivity contribution in [2.24, 2.45) is 7.05 Å². The summed E-state index contributed by atoms with van der Waals surface area (Å²) in [4.78, 5) is 11.7. The van der Waals surface area contributed by atoms with Crippen molar-refractivity contribution in [1.29, 1.82) is 0 Å². The molecule has 0 aliphatic heterocycles. The first kappa shape index (κ1) is 10.2. The Bertz CT molecular complexity index is 604. The number of aryl methyl sites for hydroxylation is 1. The van der Waals surface area contributed by atoms with Crippen LogP contribution >= 0.6 is 11.6 Å². The number of hydrogen-bond acceptors (Lipinski definition) is 1. The summed E-state index contributed by atoms with van der Waals surface area (Å²) in [6.45, 7) is 1.63. The van der Waals surface area contributed by atoms with Gasteiger partial charge in [-0.3, -0.25) is 4.79 Å². The van der Waals surface area contributed by atoms with Crippen LogP contribution in [0.15, 0.2) is 23.0 Å². The average molecular weight is 226 g/mol. The van der Waals surface area contributed by atoms with Crippen LogP contribution in [0.2, 0.25) is 5.02 Å². The monoisotopic (exact) mass is 225 g/mol. The number of benzene rings is 1. The van der Waals surface area contributed by atoms with Gasteiger partial charge in [-0.1, -0.05) is 23.7 Å². The van der Waals surface area contributed by atoms with E-state index in [1.54, 1.807) is 19.1 Å². The Balaban J connectivity index is 3.15. The fraction of sp³-hybridized carbons (Fsp3) is 0.182. The van der Waals surface area contributed by atoms with Crippen LogP contribution in [0.5, 0.6) is 0 Å². The fourth-order valence-electron chi connectivity index (χ4n) is 1.68. The van der Waals surface area contributed by atoms with Crippen molar-refractivity contribution < 1.29 is 4.39 Å². The molecule has 0 saturated heterocycles. The minimum Gasteiger partial charge on any atom is -0.308 e. The van der Waals surface area contributed by atoms with Crippen LogP contribution in [0.4, 0.5) is 4.39 Å². The van der Waals surface area contributed by atoms with Gasteiger partial charge in [-0.2, -0.15) is 0 Å². The second kappa shape index (κ2) is 3.35. The number of hydrogen-bond donors (Lipinski definition) is 0. The Labute approximate surface area is 90.9 Å². The zero-order valence-electron chi connectivity index (χ0n) is 8.34. The van der Waals surface area contributed by atoms with Crippen LogP contribution in [-0.2, 0) is 7.05 Å². The highest BCUT2D eigenvalue weighted by atomic mass is 35.5. The summed E-state index contributed by atoms with van der Waals surface area (Å²) in [7, 11) is 1.54. The van der Waals surface area contributed by atoms with Gasteiger partial charge in [0.05, 0.1) is 10.5 Å². The standard InChI is InChI=1S/C11H9ClFNO/c1-6-9(12)7-4-3-5-8(13)10(7)14(2)11(6)15/h3-5H,1-2H3. The molecule has 0 aliphatic rings. The summed E-state index contributed by atoms with van der Waals surface area (Å²) in [6.07, 6.45) is 0. The normalized spacial score (nSPS) is 10.9. The van der Waals surface area contributed by atoms with Crippen molar-refractivity contribution in [3.63, 3.8) is 0 Å². The molecule has 2 aromatic rings. The number of nitrogens with zero attached hydrogens (tertiary/aromatic N) is 1. The molecule has 0 radical (unpaired) electrons. The van der Waals surface area contributed by atoms with Gasteiger partial charge in [0.2, 0.25) is 0 Å². The quantitative estimate of drug-likeness (QED) is 0.676. The van der Waals surface area contributed by atoms with Gasteiger partial charge in [0.1, 0.15) is 5.82 Å². The maximum atomic E-state index is 13.5. The van der Waals surface area contributed by atoms with E-state index in [4.69, 9.17) is 11.6 Å². The van der Waals surface area contributed by atoms with E-state index < -0.39 is 5.82 Å². The highest BCUT2D eigenvalue weighted by Crippen LogP contribution is 2.25. The third kappa shape index (κ3) is 1.35. The summed E-state index contributed by atoms with van der Waals surface area (Å²) >= 11 is 6.00. The fourth-order valence-corrected chi connectivity index (χ4v) is 1.92. The molecule has 0 amide bonds. The second-order valence-corrected chi connectivity index (χ2v) is 3.82. The van der Waals surface area contributed by atoms with Crippen LogP contribution < -0.4 is 5.56 Å². The lowest BCUT2D eigenvalue weighted by Crippen LogP contribution is -2.20. The largest absolute Gasteiger partial charge is 0.308 e. The molecule has 1 heterocycles. The summed E-state index contributed by atoms with van der Waals surface area (Å²) in [5, 5.41) is 0.892. The summed E-state index contributed by atoms with van der Waals surface area (Å²) in [5.74, 6) is -0.436. The Kier molecular flexibility index (Phi) is 2.27. The lowest BCUT2D eigenvalue weighted by Gasteiger charge is -2.09. The zero-order chi connectivity index (χ0) is 11.2. The number of rotatable bonds is 0. The third-order valence-electron chi connectivity index (χ3n) is 2.51. The van der Waals surface area contributed by atoms with Gasteiger partial charge < -0.3 is 4.57 Å².